The maximum atomic E-state index is 12.5. The van der Waals surface area contributed by atoms with Gasteiger partial charge in [0.15, 0.2) is 17.0 Å². The lowest BCUT2D eigenvalue weighted by molar-refractivity contribution is 0.207. The van der Waals surface area contributed by atoms with Crippen molar-refractivity contribution in [2.45, 2.75) is 39.4 Å². The minimum atomic E-state index is -0.111. The molecule has 1 aliphatic rings. The smallest absolute Gasteiger partial charge is 0.317 e. The highest BCUT2D eigenvalue weighted by Crippen LogP contribution is 2.27. The van der Waals surface area contributed by atoms with Crippen LogP contribution in [0.25, 0.3) is 22.6 Å². The van der Waals surface area contributed by atoms with Crippen molar-refractivity contribution in [3.05, 3.63) is 48.7 Å². The average molecular weight is 448 g/mol. The molecule has 4 aromatic rings. The first kappa shape index (κ1) is 20.9. The molecule has 11 nitrogen and oxygen atoms in total. The summed E-state index contributed by atoms with van der Waals surface area (Å²) >= 11 is 0. The van der Waals surface area contributed by atoms with E-state index in [2.05, 4.69) is 30.6 Å². The highest BCUT2D eigenvalue weighted by molar-refractivity contribution is 5.86. The van der Waals surface area contributed by atoms with Crippen molar-refractivity contribution in [3.63, 3.8) is 0 Å². The highest BCUT2D eigenvalue weighted by atomic mass is 16.3. The van der Waals surface area contributed by atoms with Crippen LogP contribution in [0.4, 0.5) is 10.6 Å². The van der Waals surface area contributed by atoms with Gasteiger partial charge in [0.05, 0.1) is 18.4 Å². The van der Waals surface area contributed by atoms with Crippen LogP contribution in [-0.4, -0.2) is 59.5 Å². The normalized spacial score (nSPS) is 15.8. The number of hydrogen-bond acceptors (Lipinski definition) is 8. The van der Waals surface area contributed by atoms with Gasteiger partial charge in [0, 0.05) is 38.1 Å². The predicted molar refractivity (Wildman–Crippen MR) is 121 cm³/mol. The summed E-state index contributed by atoms with van der Waals surface area (Å²) in [6.07, 6.45) is 7.49. The van der Waals surface area contributed by atoms with E-state index in [4.69, 9.17) is 9.40 Å². The Morgan fingerprint density at radius 3 is 2.85 bits per heavy atom. The van der Waals surface area contributed by atoms with Crippen molar-refractivity contribution in [1.82, 2.24) is 39.7 Å². The first-order valence-corrected chi connectivity index (χ1v) is 10.9. The number of anilines is 1. The summed E-state index contributed by atoms with van der Waals surface area (Å²) in [5.41, 5.74) is 2.26. The maximum Gasteiger partial charge on any atom is 0.317 e. The summed E-state index contributed by atoms with van der Waals surface area (Å²) in [4.78, 5) is 36.6. The van der Waals surface area contributed by atoms with Crippen molar-refractivity contribution in [2.24, 2.45) is 0 Å². The second kappa shape index (κ2) is 8.85. The number of nitrogens with zero attached hydrogens (tertiary/aromatic N) is 7. The first-order chi connectivity index (χ1) is 16.1. The lowest BCUT2D eigenvalue weighted by Crippen LogP contribution is -2.39. The van der Waals surface area contributed by atoms with Gasteiger partial charge in [-0.1, -0.05) is 0 Å². The van der Waals surface area contributed by atoms with Crippen molar-refractivity contribution in [3.8, 4) is 11.4 Å². The van der Waals surface area contributed by atoms with Crippen LogP contribution in [0.1, 0.15) is 24.9 Å². The fourth-order valence-electron chi connectivity index (χ4n) is 4.01. The molecule has 33 heavy (non-hydrogen) atoms. The van der Waals surface area contributed by atoms with Gasteiger partial charge in [0.1, 0.15) is 23.7 Å². The van der Waals surface area contributed by atoms with E-state index in [9.17, 15) is 4.79 Å². The zero-order valence-corrected chi connectivity index (χ0v) is 18.5. The number of hydrogen-bond donors (Lipinski definition) is 2. The molecule has 11 heteroatoms. The molecule has 5 heterocycles. The zero-order chi connectivity index (χ0) is 22.8. The van der Waals surface area contributed by atoms with Crippen LogP contribution in [0, 0.1) is 6.92 Å². The number of likely N-dealkylation sites (tertiary alicyclic amines) is 1. The van der Waals surface area contributed by atoms with E-state index in [0.717, 1.165) is 29.2 Å². The molecule has 0 spiro atoms. The van der Waals surface area contributed by atoms with Crippen molar-refractivity contribution in [1.29, 1.82) is 0 Å². The standard InChI is InChI=1S/C22H25N9O2/c1-3-31-20(15-9-23-14(2)24-10-15)29-18-19(26-13-27-21(18)31)28-16-6-7-30(12-16)22(32)25-11-17-5-4-8-33-17/h4-5,8-10,13,16H,3,6-7,11-12H2,1-2H3,(H,25,32)(H,26,27,28). The minimum Gasteiger partial charge on any atom is -0.467 e. The minimum absolute atomic E-state index is 0.0652. The van der Waals surface area contributed by atoms with Gasteiger partial charge in [0.25, 0.3) is 0 Å². The Labute approximate surface area is 190 Å². The summed E-state index contributed by atoms with van der Waals surface area (Å²) in [6, 6.07) is 3.59. The Morgan fingerprint density at radius 2 is 2.09 bits per heavy atom. The monoisotopic (exact) mass is 447 g/mol. The number of fused-ring (bicyclic) bond motifs is 1. The highest BCUT2D eigenvalue weighted by Gasteiger charge is 2.27. The number of aryl methyl sites for hydroxylation is 2. The summed E-state index contributed by atoms with van der Waals surface area (Å²) in [6.45, 7) is 6.19. The van der Waals surface area contributed by atoms with E-state index < -0.39 is 0 Å². The molecule has 1 aliphatic heterocycles. The number of urea groups is 1. The van der Waals surface area contributed by atoms with Gasteiger partial charge in [-0.2, -0.15) is 0 Å². The fraction of sp³-hybridized carbons (Fsp3) is 0.364. The molecule has 0 radical (unpaired) electrons. The Morgan fingerprint density at radius 1 is 1.24 bits per heavy atom. The van der Waals surface area contributed by atoms with Crippen LogP contribution >= 0.6 is 0 Å². The molecule has 0 aliphatic carbocycles. The van der Waals surface area contributed by atoms with E-state index in [1.807, 2.05) is 24.5 Å². The molecule has 2 N–H and O–H groups in total. The Kier molecular flexibility index (Phi) is 5.59. The van der Waals surface area contributed by atoms with Gasteiger partial charge in [0.2, 0.25) is 0 Å². The Hall–Kier alpha value is -4.02. The number of imidazole rings is 1. The van der Waals surface area contributed by atoms with Gasteiger partial charge < -0.3 is 24.5 Å². The van der Waals surface area contributed by atoms with E-state index in [1.54, 1.807) is 29.6 Å². The Balaban J connectivity index is 1.32. The van der Waals surface area contributed by atoms with Crippen LogP contribution in [0.3, 0.4) is 0 Å². The van der Waals surface area contributed by atoms with Crippen LogP contribution in [0.2, 0.25) is 0 Å². The topological polar surface area (TPSA) is 127 Å². The zero-order valence-electron chi connectivity index (χ0n) is 18.5. The van der Waals surface area contributed by atoms with Crippen LogP contribution in [-0.2, 0) is 13.1 Å². The lowest BCUT2D eigenvalue weighted by atomic mass is 10.2. The van der Waals surface area contributed by atoms with E-state index >= 15 is 0 Å². The molecule has 2 amide bonds. The number of carbonyl (C=O) groups excluding carboxylic acids is 1. The molecule has 0 saturated carbocycles. The molecule has 1 saturated heterocycles. The maximum absolute atomic E-state index is 12.5. The van der Waals surface area contributed by atoms with Gasteiger partial charge in [-0.25, -0.2) is 29.7 Å². The summed E-state index contributed by atoms with van der Waals surface area (Å²) in [7, 11) is 0. The van der Waals surface area contributed by atoms with Crippen LogP contribution in [0.15, 0.2) is 41.5 Å². The lowest BCUT2D eigenvalue weighted by Gasteiger charge is -2.17. The molecule has 170 valence electrons. The van der Waals surface area contributed by atoms with Crippen LogP contribution in [0.5, 0.6) is 0 Å². The number of furan rings is 1. The average Bonchev–Trinajstić information content (AvgIpc) is 3.58. The molecular formula is C22H25N9O2. The first-order valence-electron chi connectivity index (χ1n) is 10.9. The predicted octanol–water partition coefficient (Wildman–Crippen LogP) is 2.60. The molecular weight excluding hydrogens is 422 g/mol. The quantitative estimate of drug-likeness (QED) is 0.462. The van der Waals surface area contributed by atoms with Gasteiger partial charge in [-0.3, -0.25) is 0 Å². The fourth-order valence-corrected chi connectivity index (χ4v) is 4.01. The summed E-state index contributed by atoms with van der Waals surface area (Å²) in [5, 5.41) is 6.36. The van der Waals surface area contributed by atoms with E-state index in [0.29, 0.717) is 43.3 Å². The molecule has 1 unspecified atom stereocenters. The van der Waals surface area contributed by atoms with Crippen molar-refractivity contribution in [2.75, 3.05) is 18.4 Å². The molecule has 5 rings (SSSR count). The van der Waals surface area contributed by atoms with Gasteiger partial charge >= 0.3 is 6.03 Å². The van der Waals surface area contributed by atoms with Crippen molar-refractivity contribution < 1.29 is 9.21 Å². The second-order valence-electron chi connectivity index (χ2n) is 7.91. The number of nitrogens with one attached hydrogen (secondary N) is 2. The van der Waals surface area contributed by atoms with Crippen molar-refractivity contribution >= 4 is 23.0 Å². The van der Waals surface area contributed by atoms with E-state index in [-0.39, 0.29) is 12.1 Å². The summed E-state index contributed by atoms with van der Waals surface area (Å²) < 4.78 is 7.30. The number of amides is 2. The molecule has 1 fully saturated rings. The SMILES string of the molecule is CCn1c(-c2cnc(C)nc2)nc2c(NC3CCN(C(=O)NCc4ccco4)C3)ncnc21. The Bertz CT molecular complexity index is 1250. The number of carbonyl (C=O) groups is 1. The molecule has 0 bridgehead atoms. The third kappa shape index (κ3) is 4.21. The number of aromatic nitrogens is 6. The van der Waals surface area contributed by atoms with Gasteiger partial charge in [-0.05, 0) is 32.4 Å². The third-order valence-corrected chi connectivity index (χ3v) is 5.70. The second-order valence-corrected chi connectivity index (χ2v) is 7.91. The van der Waals surface area contributed by atoms with Crippen LogP contribution < -0.4 is 10.6 Å². The van der Waals surface area contributed by atoms with Gasteiger partial charge in [-0.15, -0.1) is 0 Å². The third-order valence-electron chi connectivity index (χ3n) is 5.70. The molecule has 4 aromatic heterocycles. The molecule has 1 atom stereocenters. The largest absolute Gasteiger partial charge is 0.467 e. The molecule has 0 aromatic carbocycles. The number of rotatable bonds is 6. The summed E-state index contributed by atoms with van der Waals surface area (Å²) in [5.74, 6) is 2.84. The van der Waals surface area contributed by atoms with E-state index in [1.165, 1.54) is 6.33 Å².